The number of hydrogen-bond acceptors (Lipinski definition) is 5. The standard InChI is InChI=1S/C22H41N5O3/c1-22(2,3)20-18(6-5-13-30-20)16-24-21(23-4)27-9-7-25(8-10-27)17-19(28)26-11-14-29-15-12-26/h18,20H,5-17H2,1-4H3,(H,23,24). The molecule has 8 nitrogen and oxygen atoms in total. The maximum Gasteiger partial charge on any atom is 0.236 e. The van der Waals surface area contributed by atoms with Crippen LogP contribution in [0.1, 0.15) is 33.6 Å². The highest BCUT2D eigenvalue weighted by Gasteiger charge is 2.35. The third kappa shape index (κ3) is 6.31. The molecule has 0 bridgehead atoms. The van der Waals surface area contributed by atoms with E-state index in [1.807, 2.05) is 11.9 Å². The Morgan fingerprint density at radius 3 is 2.37 bits per heavy atom. The van der Waals surface area contributed by atoms with Crippen LogP contribution in [0, 0.1) is 11.3 Å². The largest absolute Gasteiger partial charge is 0.378 e. The van der Waals surface area contributed by atoms with Crippen molar-refractivity contribution in [2.24, 2.45) is 16.3 Å². The third-order valence-corrected chi connectivity index (χ3v) is 6.43. The van der Waals surface area contributed by atoms with Crippen LogP contribution in [0.5, 0.6) is 0 Å². The zero-order valence-electron chi connectivity index (χ0n) is 19.4. The SMILES string of the molecule is CN=C(NCC1CCCOC1C(C)(C)C)N1CCN(CC(=O)N2CCOCC2)CC1. The fourth-order valence-electron chi connectivity index (χ4n) is 4.79. The molecule has 0 aromatic rings. The Labute approximate surface area is 181 Å². The molecular weight excluding hydrogens is 382 g/mol. The van der Waals surface area contributed by atoms with Gasteiger partial charge in [-0.3, -0.25) is 14.7 Å². The van der Waals surface area contributed by atoms with E-state index in [4.69, 9.17) is 9.47 Å². The lowest BCUT2D eigenvalue weighted by Crippen LogP contribution is -2.55. The molecule has 3 heterocycles. The van der Waals surface area contributed by atoms with Crippen LogP contribution in [0.25, 0.3) is 0 Å². The molecule has 0 aromatic heterocycles. The van der Waals surface area contributed by atoms with E-state index >= 15 is 0 Å². The predicted molar refractivity (Wildman–Crippen MR) is 119 cm³/mol. The molecule has 3 saturated heterocycles. The minimum Gasteiger partial charge on any atom is -0.378 e. The molecule has 0 aliphatic carbocycles. The highest BCUT2D eigenvalue weighted by atomic mass is 16.5. The van der Waals surface area contributed by atoms with Gasteiger partial charge in [0.2, 0.25) is 5.91 Å². The fraction of sp³-hybridized carbons (Fsp3) is 0.909. The quantitative estimate of drug-likeness (QED) is 0.535. The number of hydrogen-bond donors (Lipinski definition) is 1. The lowest BCUT2D eigenvalue weighted by atomic mass is 9.78. The monoisotopic (exact) mass is 423 g/mol. The van der Waals surface area contributed by atoms with Crippen LogP contribution in [-0.2, 0) is 14.3 Å². The number of carbonyl (C=O) groups excluding carboxylic acids is 1. The first-order valence-corrected chi connectivity index (χ1v) is 11.5. The van der Waals surface area contributed by atoms with Crippen molar-refractivity contribution in [3.8, 4) is 0 Å². The van der Waals surface area contributed by atoms with Gasteiger partial charge in [-0.25, -0.2) is 0 Å². The summed E-state index contributed by atoms with van der Waals surface area (Å²) < 4.78 is 11.5. The van der Waals surface area contributed by atoms with Gasteiger partial charge in [-0.1, -0.05) is 20.8 Å². The highest BCUT2D eigenvalue weighted by Crippen LogP contribution is 2.33. The molecule has 3 aliphatic heterocycles. The van der Waals surface area contributed by atoms with Crippen molar-refractivity contribution in [1.82, 2.24) is 20.0 Å². The number of nitrogens with zero attached hydrogens (tertiary/aromatic N) is 4. The van der Waals surface area contributed by atoms with Crippen LogP contribution in [0.4, 0.5) is 0 Å². The molecule has 3 fully saturated rings. The number of nitrogens with one attached hydrogen (secondary N) is 1. The molecule has 8 heteroatoms. The number of piperazine rings is 1. The van der Waals surface area contributed by atoms with Crippen molar-refractivity contribution in [2.75, 3.05) is 79.2 Å². The fourth-order valence-corrected chi connectivity index (χ4v) is 4.79. The highest BCUT2D eigenvalue weighted by molar-refractivity contribution is 5.80. The van der Waals surface area contributed by atoms with E-state index in [0.717, 1.165) is 64.8 Å². The van der Waals surface area contributed by atoms with Gasteiger partial charge < -0.3 is 24.6 Å². The smallest absolute Gasteiger partial charge is 0.236 e. The van der Waals surface area contributed by atoms with Gasteiger partial charge >= 0.3 is 0 Å². The van der Waals surface area contributed by atoms with Gasteiger partial charge in [0.25, 0.3) is 0 Å². The predicted octanol–water partition coefficient (Wildman–Crippen LogP) is 0.880. The summed E-state index contributed by atoms with van der Waals surface area (Å²) in [7, 11) is 1.86. The minimum atomic E-state index is 0.148. The summed E-state index contributed by atoms with van der Waals surface area (Å²) in [4.78, 5) is 23.5. The average Bonchev–Trinajstić information content (AvgIpc) is 2.75. The molecule has 2 atom stereocenters. The molecule has 0 radical (unpaired) electrons. The molecular formula is C22H41N5O3. The number of amides is 1. The van der Waals surface area contributed by atoms with Crippen molar-refractivity contribution >= 4 is 11.9 Å². The Bertz CT molecular complexity index is 578. The Morgan fingerprint density at radius 2 is 1.73 bits per heavy atom. The van der Waals surface area contributed by atoms with E-state index in [9.17, 15) is 4.79 Å². The molecule has 1 amide bonds. The zero-order valence-corrected chi connectivity index (χ0v) is 19.4. The van der Waals surface area contributed by atoms with E-state index in [1.54, 1.807) is 0 Å². The second kappa shape index (κ2) is 10.8. The van der Waals surface area contributed by atoms with Crippen LogP contribution in [0.3, 0.4) is 0 Å². The van der Waals surface area contributed by atoms with Crippen molar-refractivity contribution in [1.29, 1.82) is 0 Å². The maximum absolute atomic E-state index is 12.5. The number of aliphatic imine (C=N–C) groups is 1. The second-order valence-electron chi connectivity index (χ2n) is 9.74. The Morgan fingerprint density at radius 1 is 1.03 bits per heavy atom. The third-order valence-electron chi connectivity index (χ3n) is 6.43. The van der Waals surface area contributed by atoms with Crippen LogP contribution in [-0.4, -0.2) is 112 Å². The number of rotatable bonds is 4. The number of morpholine rings is 1. The Kier molecular flexibility index (Phi) is 8.36. The van der Waals surface area contributed by atoms with Gasteiger partial charge in [0.15, 0.2) is 5.96 Å². The lowest BCUT2D eigenvalue weighted by Gasteiger charge is -2.41. The van der Waals surface area contributed by atoms with Crippen LogP contribution in [0.15, 0.2) is 4.99 Å². The number of guanidine groups is 1. The van der Waals surface area contributed by atoms with E-state index in [-0.39, 0.29) is 17.4 Å². The van der Waals surface area contributed by atoms with E-state index in [0.29, 0.717) is 25.7 Å². The first-order valence-electron chi connectivity index (χ1n) is 11.5. The van der Waals surface area contributed by atoms with Gasteiger partial charge in [0.1, 0.15) is 0 Å². The first-order chi connectivity index (χ1) is 14.4. The van der Waals surface area contributed by atoms with Crippen molar-refractivity contribution < 1.29 is 14.3 Å². The summed E-state index contributed by atoms with van der Waals surface area (Å²) in [6.45, 7) is 15.4. The minimum absolute atomic E-state index is 0.148. The summed E-state index contributed by atoms with van der Waals surface area (Å²) >= 11 is 0. The summed E-state index contributed by atoms with van der Waals surface area (Å²) in [6, 6.07) is 0. The summed E-state index contributed by atoms with van der Waals surface area (Å²) in [5, 5.41) is 3.61. The van der Waals surface area contributed by atoms with Crippen molar-refractivity contribution in [2.45, 2.75) is 39.7 Å². The molecule has 0 spiro atoms. The van der Waals surface area contributed by atoms with Gasteiger partial charge in [-0.05, 0) is 18.3 Å². The molecule has 3 aliphatic rings. The van der Waals surface area contributed by atoms with Gasteiger partial charge in [0.05, 0.1) is 25.9 Å². The van der Waals surface area contributed by atoms with Gasteiger partial charge in [-0.15, -0.1) is 0 Å². The van der Waals surface area contributed by atoms with E-state index in [1.165, 1.54) is 6.42 Å². The topological polar surface area (TPSA) is 69.6 Å². The molecule has 2 unspecified atom stereocenters. The second-order valence-corrected chi connectivity index (χ2v) is 9.74. The summed E-state index contributed by atoms with van der Waals surface area (Å²) in [5.74, 6) is 1.69. The Hall–Kier alpha value is -1.38. The summed E-state index contributed by atoms with van der Waals surface area (Å²) in [6.07, 6.45) is 2.61. The molecule has 0 saturated carbocycles. The number of carbonyl (C=O) groups is 1. The molecule has 30 heavy (non-hydrogen) atoms. The zero-order chi connectivity index (χ0) is 21.6. The maximum atomic E-state index is 12.5. The molecule has 3 rings (SSSR count). The van der Waals surface area contributed by atoms with Crippen LogP contribution >= 0.6 is 0 Å². The lowest BCUT2D eigenvalue weighted by molar-refractivity contribution is -0.136. The average molecular weight is 424 g/mol. The van der Waals surface area contributed by atoms with Gasteiger partial charge in [0, 0.05) is 65.4 Å². The van der Waals surface area contributed by atoms with Crippen molar-refractivity contribution in [3.05, 3.63) is 0 Å². The first kappa shape index (κ1) is 23.3. The summed E-state index contributed by atoms with van der Waals surface area (Å²) in [5.41, 5.74) is 0.148. The normalized spacial score (nSPS) is 27.3. The van der Waals surface area contributed by atoms with E-state index < -0.39 is 0 Å². The molecule has 0 aromatic carbocycles. The van der Waals surface area contributed by atoms with Gasteiger partial charge in [-0.2, -0.15) is 0 Å². The van der Waals surface area contributed by atoms with E-state index in [2.05, 4.69) is 40.9 Å². The Balaban J connectivity index is 1.44. The molecule has 1 N–H and O–H groups in total. The number of ether oxygens (including phenoxy) is 2. The van der Waals surface area contributed by atoms with Crippen molar-refractivity contribution in [3.63, 3.8) is 0 Å². The molecule has 172 valence electrons. The van der Waals surface area contributed by atoms with Crippen LogP contribution in [0.2, 0.25) is 0 Å². The van der Waals surface area contributed by atoms with Crippen LogP contribution < -0.4 is 5.32 Å².